The Morgan fingerprint density at radius 1 is 1.13 bits per heavy atom. The lowest BCUT2D eigenvalue weighted by Crippen LogP contribution is -1.99. The maximum atomic E-state index is 5.57. The quantitative estimate of drug-likeness (QED) is 0.554. The second-order valence-corrected chi connectivity index (χ2v) is 3.51. The van der Waals surface area contributed by atoms with E-state index in [4.69, 9.17) is 10.6 Å². The van der Waals surface area contributed by atoms with Crippen LogP contribution in [-0.2, 0) is 11.4 Å². The first-order valence-electron chi connectivity index (χ1n) is 5.40. The first-order chi connectivity index (χ1) is 7.36. The van der Waals surface area contributed by atoms with Gasteiger partial charge in [0.2, 0.25) is 0 Å². The van der Waals surface area contributed by atoms with Crippen molar-refractivity contribution in [3.05, 3.63) is 29.8 Å². The van der Waals surface area contributed by atoms with Crippen LogP contribution in [-0.4, -0.2) is 6.61 Å². The molecule has 0 unspecified atom stereocenters. The van der Waals surface area contributed by atoms with Crippen molar-refractivity contribution in [3.63, 3.8) is 0 Å². The predicted octanol–water partition coefficient (Wildman–Crippen LogP) is 2.65. The summed E-state index contributed by atoms with van der Waals surface area (Å²) >= 11 is 0. The van der Waals surface area contributed by atoms with Crippen LogP contribution in [0.2, 0.25) is 0 Å². The van der Waals surface area contributed by atoms with Gasteiger partial charge in [-0.25, -0.2) is 5.90 Å². The molecule has 0 atom stereocenters. The summed E-state index contributed by atoms with van der Waals surface area (Å²) in [7, 11) is 0. The lowest BCUT2D eigenvalue weighted by Gasteiger charge is -2.06. The minimum Gasteiger partial charge on any atom is -0.494 e. The van der Waals surface area contributed by atoms with Gasteiger partial charge in [0, 0.05) is 0 Å². The largest absolute Gasteiger partial charge is 0.494 e. The van der Waals surface area contributed by atoms with Crippen molar-refractivity contribution in [1.29, 1.82) is 0 Å². The van der Waals surface area contributed by atoms with Crippen LogP contribution in [0.1, 0.15) is 31.7 Å². The van der Waals surface area contributed by atoms with E-state index < -0.39 is 0 Å². The fourth-order valence-electron chi connectivity index (χ4n) is 1.32. The maximum Gasteiger partial charge on any atom is 0.119 e. The minimum absolute atomic E-state index is 0.441. The lowest BCUT2D eigenvalue weighted by molar-refractivity contribution is 0.124. The third kappa shape index (κ3) is 4.81. The highest BCUT2D eigenvalue weighted by Crippen LogP contribution is 2.13. The van der Waals surface area contributed by atoms with Crippen molar-refractivity contribution < 1.29 is 9.57 Å². The van der Waals surface area contributed by atoms with Crippen molar-refractivity contribution in [2.75, 3.05) is 6.61 Å². The highest BCUT2D eigenvalue weighted by Gasteiger charge is 1.95. The van der Waals surface area contributed by atoms with Gasteiger partial charge in [0.25, 0.3) is 0 Å². The molecule has 0 fully saturated rings. The maximum absolute atomic E-state index is 5.57. The van der Waals surface area contributed by atoms with Crippen LogP contribution < -0.4 is 10.6 Å². The van der Waals surface area contributed by atoms with Crippen LogP contribution in [0.3, 0.4) is 0 Å². The van der Waals surface area contributed by atoms with Crippen molar-refractivity contribution >= 4 is 0 Å². The third-order valence-electron chi connectivity index (χ3n) is 2.19. The molecular formula is C12H19NO2. The third-order valence-corrected chi connectivity index (χ3v) is 2.19. The molecule has 3 nitrogen and oxygen atoms in total. The topological polar surface area (TPSA) is 44.5 Å². The Balaban J connectivity index is 2.29. The summed E-state index contributed by atoms with van der Waals surface area (Å²) in [6, 6.07) is 7.81. The molecule has 0 aromatic heterocycles. The minimum atomic E-state index is 0.441. The molecule has 0 aliphatic carbocycles. The molecule has 0 aliphatic rings. The molecule has 15 heavy (non-hydrogen) atoms. The fraction of sp³-hybridized carbons (Fsp3) is 0.500. The Morgan fingerprint density at radius 3 is 2.47 bits per heavy atom. The van der Waals surface area contributed by atoms with Crippen molar-refractivity contribution in [2.24, 2.45) is 5.90 Å². The van der Waals surface area contributed by atoms with E-state index in [1.807, 2.05) is 24.3 Å². The van der Waals surface area contributed by atoms with Gasteiger partial charge in [-0.15, -0.1) is 0 Å². The van der Waals surface area contributed by atoms with Crippen molar-refractivity contribution in [3.8, 4) is 5.75 Å². The first kappa shape index (κ1) is 12.0. The molecule has 84 valence electrons. The van der Waals surface area contributed by atoms with Gasteiger partial charge in [0.15, 0.2) is 0 Å². The van der Waals surface area contributed by atoms with Gasteiger partial charge in [-0.2, -0.15) is 0 Å². The van der Waals surface area contributed by atoms with Crippen LogP contribution in [0.4, 0.5) is 0 Å². The smallest absolute Gasteiger partial charge is 0.119 e. The van der Waals surface area contributed by atoms with E-state index in [0.717, 1.165) is 24.3 Å². The Kier molecular flexibility index (Phi) is 5.81. The summed E-state index contributed by atoms with van der Waals surface area (Å²) in [6.07, 6.45) is 3.55. The molecule has 0 heterocycles. The summed E-state index contributed by atoms with van der Waals surface area (Å²) in [5, 5.41) is 0. The second-order valence-electron chi connectivity index (χ2n) is 3.51. The number of unbranched alkanes of at least 4 members (excludes halogenated alkanes) is 2. The monoisotopic (exact) mass is 209 g/mol. The summed E-state index contributed by atoms with van der Waals surface area (Å²) in [5.41, 5.74) is 1.05. The highest BCUT2D eigenvalue weighted by atomic mass is 16.6. The van der Waals surface area contributed by atoms with Gasteiger partial charge in [-0.1, -0.05) is 31.9 Å². The molecule has 0 spiro atoms. The van der Waals surface area contributed by atoms with E-state index in [-0.39, 0.29) is 0 Å². The molecule has 2 N–H and O–H groups in total. The van der Waals surface area contributed by atoms with Gasteiger partial charge in [-0.05, 0) is 24.1 Å². The number of ether oxygens (including phenoxy) is 1. The molecule has 0 saturated heterocycles. The van der Waals surface area contributed by atoms with Crippen LogP contribution in [0.25, 0.3) is 0 Å². The van der Waals surface area contributed by atoms with E-state index in [1.54, 1.807) is 0 Å². The molecular weight excluding hydrogens is 190 g/mol. The second kappa shape index (κ2) is 7.26. The summed E-state index contributed by atoms with van der Waals surface area (Å²) in [4.78, 5) is 4.54. The number of benzene rings is 1. The molecule has 1 aromatic carbocycles. The zero-order chi connectivity index (χ0) is 10.9. The average molecular weight is 209 g/mol. The van der Waals surface area contributed by atoms with E-state index in [9.17, 15) is 0 Å². The standard InChI is InChI=1S/C12H19NO2/c1-2-3-4-9-14-12-7-5-11(6-8-12)10-15-13/h5-8H,2-4,9-10,13H2,1H3. The van der Waals surface area contributed by atoms with Gasteiger partial charge >= 0.3 is 0 Å². The molecule has 1 rings (SSSR count). The van der Waals surface area contributed by atoms with Crippen LogP contribution >= 0.6 is 0 Å². The molecule has 0 radical (unpaired) electrons. The Bertz CT molecular complexity index is 259. The van der Waals surface area contributed by atoms with Crippen molar-refractivity contribution in [1.82, 2.24) is 0 Å². The van der Waals surface area contributed by atoms with Crippen LogP contribution in [0, 0.1) is 0 Å². The van der Waals surface area contributed by atoms with Crippen LogP contribution in [0.5, 0.6) is 5.75 Å². The van der Waals surface area contributed by atoms with Gasteiger partial charge in [-0.3, -0.25) is 4.84 Å². The molecule has 0 amide bonds. The summed E-state index contributed by atoms with van der Waals surface area (Å²) in [6.45, 7) is 3.41. The highest BCUT2D eigenvalue weighted by molar-refractivity contribution is 5.26. The SMILES string of the molecule is CCCCCOc1ccc(CON)cc1. The van der Waals surface area contributed by atoms with E-state index in [2.05, 4.69) is 11.8 Å². The Hall–Kier alpha value is -1.06. The zero-order valence-corrected chi connectivity index (χ0v) is 9.24. The molecule has 0 saturated carbocycles. The zero-order valence-electron chi connectivity index (χ0n) is 9.24. The van der Waals surface area contributed by atoms with E-state index in [0.29, 0.717) is 6.61 Å². The van der Waals surface area contributed by atoms with Crippen molar-refractivity contribution in [2.45, 2.75) is 32.8 Å². The number of hydrogen-bond acceptors (Lipinski definition) is 3. The van der Waals surface area contributed by atoms with Gasteiger partial charge in [0.1, 0.15) is 5.75 Å². The predicted molar refractivity (Wildman–Crippen MR) is 60.4 cm³/mol. The first-order valence-corrected chi connectivity index (χ1v) is 5.40. The van der Waals surface area contributed by atoms with Crippen LogP contribution in [0.15, 0.2) is 24.3 Å². The van der Waals surface area contributed by atoms with Gasteiger partial charge in [0.05, 0.1) is 13.2 Å². The molecule has 0 aliphatic heterocycles. The lowest BCUT2D eigenvalue weighted by atomic mass is 10.2. The summed E-state index contributed by atoms with van der Waals surface area (Å²) < 4.78 is 5.57. The Labute approximate surface area is 91.1 Å². The normalized spacial score (nSPS) is 10.3. The van der Waals surface area contributed by atoms with E-state index >= 15 is 0 Å². The average Bonchev–Trinajstić information content (AvgIpc) is 2.27. The number of hydrogen-bond donors (Lipinski definition) is 1. The fourth-order valence-corrected chi connectivity index (χ4v) is 1.32. The number of nitrogens with two attached hydrogens (primary N) is 1. The molecule has 0 bridgehead atoms. The van der Waals surface area contributed by atoms with Gasteiger partial charge < -0.3 is 4.74 Å². The molecule has 1 aromatic rings. The Morgan fingerprint density at radius 2 is 1.87 bits per heavy atom. The van der Waals surface area contributed by atoms with E-state index in [1.165, 1.54) is 12.8 Å². The molecule has 3 heteroatoms. The number of rotatable bonds is 7. The summed E-state index contributed by atoms with van der Waals surface area (Å²) in [5.74, 6) is 5.89.